The summed E-state index contributed by atoms with van der Waals surface area (Å²) < 4.78 is 0. The Balaban J connectivity index is 2.96. The number of unbranched alkanes of at least 4 members (excludes halogenated alkanes) is 14. The van der Waals surface area contributed by atoms with Gasteiger partial charge in [-0.3, -0.25) is 10.1 Å². The molecule has 21 heavy (non-hydrogen) atoms. The smallest absolute Gasteiger partial charge is 0.203 e. The fraction of sp³-hybridized carbons (Fsp3) is 0.941. The van der Waals surface area contributed by atoms with Crippen molar-refractivity contribution in [3.05, 3.63) is 10.1 Å². The Kier molecular flexibility index (Phi) is 16.4. The Morgan fingerprint density at radius 3 is 1.29 bits per heavy atom. The summed E-state index contributed by atoms with van der Waals surface area (Å²) >= 11 is 0. The minimum Gasteiger partial charge on any atom is -0.303 e. The highest BCUT2D eigenvalue weighted by atomic mass is 16.6. The monoisotopic (exact) mass is 299 g/mol. The second-order valence-electron chi connectivity index (χ2n) is 5.96. The highest BCUT2D eigenvalue weighted by molar-refractivity contribution is 5.48. The average Bonchev–Trinajstić information content (AvgIpc) is 2.46. The number of nitro groups is 1. The van der Waals surface area contributed by atoms with E-state index in [1.54, 1.807) is 0 Å². The number of carbonyl (C=O) groups excluding carboxylic acids is 1. The first-order valence-electron chi connectivity index (χ1n) is 8.83. The van der Waals surface area contributed by atoms with Crippen molar-refractivity contribution in [2.24, 2.45) is 0 Å². The Labute approximate surface area is 129 Å². The van der Waals surface area contributed by atoms with Crippen molar-refractivity contribution in [3.63, 3.8) is 0 Å². The lowest BCUT2D eigenvalue weighted by atomic mass is 10.0. The first kappa shape index (κ1) is 20.1. The predicted octanol–water partition coefficient (Wildman–Crippen LogP) is 5.31. The SMILES string of the molecule is O=CCCCCCCCCCCCCCCCC[N+](=O)[O-]. The van der Waals surface area contributed by atoms with Crippen molar-refractivity contribution in [1.29, 1.82) is 0 Å². The van der Waals surface area contributed by atoms with Gasteiger partial charge in [-0.25, -0.2) is 0 Å². The number of hydrogen-bond acceptors (Lipinski definition) is 3. The van der Waals surface area contributed by atoms with Crippen LogP contribution < -0.4 is 0 Å². The number of aldehydes is 1. The molecule has 0 radical (unpaired) electrons. The van der Waals surface area contributed by atoms with Gasteiger partial charge >= 0.3 is 0 Å². The lowest BCUT2D eigenvalue weighted by Gasteiger charge is -2.02. The van der Waals surface area contributed by atoms with Gasteiger partial charge in [-0.2, -0.15) is 0 Å². The molecule has 0 rings (SSSR count). The third-order valence-corrected chi connectivity index (χ3v) is 3.91. The highest BCUT2D eigenvalue weighted by Crippen LogP contribution is 2.13. The molecule has 0 saturated carbocycles. The minimum absolute atomic E-state index is 0.134. The van der Waals surface area contributed by atoms with E-state index in [1.807, 2.05) is 0 Å². The Hall–Kier alpha value is -0.930. The van der Waals surface area contributed by atoms with Gasteiger partial charge in [0, 0.05) is 17.8 Å². The van der Waals surface area contributed by atoms with Gasteiger partial charge in [0.25, 0.3) is 0 Å². The normalized spacial score (nSPS) is 10.7. The fourth-order valence-electron chi connectivity index (χ4n) is 2.59. The second kappa shape index (κ2) is 17.1. The maximum atomic E-state index is 10.1. The summed E-state index contributed by atoms with van der Waals surface area (Å²) in [4.78, 5) is 20.1. The molecule has 124 valence electrons. The Bertz CT molecular complexity index is 244. The molecule has 0 aliphatic carbocycles. The van der Waals surface area contributed by atoms with Crippen LogP contribution >= 0.6 is 0 Å². The average molecular weight is 299 g/mol. The Morgan fingerprint density at radius 2 is 0.952 bits per heavy atom. The number of rotatable bonds is 17. The maximum absolute atomic E-state index is 10.1. The standard InChI is InChI=1S/C17H33NO3/c19-17-15-13-11-9-7-5-3-1-2-4-6-8-10-12-14-16-18(20)21/h17H,1-16H2. The van der Waals surface area contributed by atoms with Crippen molar-refractivity contribution in [2.75, 3.05) is 6.54 Å². The molecular formula is C17H33NO3. The summed E-state index contributed by atoms with van der Waals surface area (Å²) in [7, 11) is 0. The third-order valence-electron chi connectivity index (χ3n) is 3.91. The largest absolute Gasteiger partial charge is 0.303 e. The van der Waals surface area contributed by atoms with Crippen LogP contribution in [-0.4, -0.2) is 17.8 Å². The zero-order chi connectivity index (χ0) is 15.6. The highest BCUT2D eigenvalue weighted by Gasteiger charge is 1.97. The fourth-order valence-corrected chi connectivity index (χ4v) is 2.59. The molecule has 0 aliphatic rings. The lowest BCUT2D eigenvalue weighted by molar-refractivity contribution is -0.480. The van der Waals surface area contributed by atoms with Crippen LogP contribution in [0.3, 0.4) is 0 Å². The van der Waals surface area contributed by atoms with Gasteiger partial charge in [-0.15, -0.1) is 0 Å². The van der Waals surface area contributed by atoms with Crippen LogP contribution in [0, 0.1) is 10.1 Å². The van der Waals surface area contributed by atoms with E-state index in [-0.39, 0.29) is 11.5 Å². The van der Waals surface area contributed by atoms with Gasteiger partial charge in [0.1, 0.15) is 6.29 Å². The molecule has 0 saturated heterocycles. The quantitative estimate of drug-likeness (QED) is 0.158. The molecule has 0 atom stereocenters. The predicted molar refractivity (Wildman–Crippen MR) is 87.2 cm³/mol. The summed E-state index contributed by atoms with van der Waals surface area (Å²) in [6, 6.07) is 0. The molecule has 0 heterocycles. The van der Waals surface area contributed by atoms with E-state index in [0.29, 0.717) is 0 Å². The van der Waals surface area contributed by atoms with Gasteiger partial charge in [-0.1, -0.05) is 70.6 Å². The molecule has 0 amide bonds. The molecule has 0 spiro atoms. The zero-order valence-corrected chi connectivity index (χ0v) is 13.6. The van der Waals surface area contributed by atoms with E-state index < -0.39 is 0 Å². The molecule has 0 unspecified atom stereocenters. The number of hydrogen-bond donors (Lipinski definition) is 0. The molecule has 0 bridgehead atoms. The van der Waals surface area contributed by atoms with Crippen LogP contribution in [0.15, 0.2) is 0 Å². The maximum Gasteiger partial charge on any atom is 0.203 e. The molecule has 0 aromatic carbocycles. The summed E-state index contributed by atoms with van der Waals surface area (Å²) in [6.07, 6.45) is 18.7. The summed E-state index contributed by atoms with van der Waals surface area (Å²) in [5, 5.41) is 10.1. The molecule has 0 aliphatic heterocycles. The van der Waals surface area contributed by atoms with Crippen LogP contribution in [0.2, 0.25) is 0 Å². The number of nitrogens with zero attached hydrogens (tertiary/aromatic N) is 1. The molecule has 0 aromatic rings. The molecule has 0 fully saturated rings. The van der Waals surface area contributed by atoms with Gasteiger partial charge in [0.15, 0.2) is 0 Å². The van der Waals surface area contributed by atoms with Crippen LogP contribution in [0.5, 0.6) is 0 Å². The van der Waals surface area contributed by atoms with Crippen molar-refractivity contribution >= 4 is 6.29 Å². The number of carbonyl (C=O) groups is 1. The topological polar surface area (TPSA) is 60.2 Å². The lowest BCUT2D eigenvalue weighted by Crippen LogP contribution is -1.99. The van der Waals surface area contributed by atoms with Crippen molar-refractivity contribution in [2.45, 2.75) is 96.3 Å². The van der Waals surface area contributed by atoms with Crippen LogP contribution in [0.25, 0.3) is 0 Å². The van der Waals surface area contributed by atoms with E-state index in [1.165, 1.54) is 64.2 Å². The first-order chi connectivity index (χ1) is 10.3. The summed E-state index contributed by atoms with van der Waals surface area (Å²) in [6.45, 7) is 0.134. The Morgan fingerprint density at radius 1 is 0.619 bits per heavy atom. The van der Waals surface area contributed by atoms with Crippen LogP contribution in [0.4, 0.5) is 0 Å². The summed E-state index contributed by atoms with van der Waals surface area (Å²) in [5.41, 5.74) is 0. The molecule has 4 nitrogen and oxygen atoms in total. The third kappa shape index (κ3) is 19.1. The van der Waals surface area contributed by atoms with Gasteiger partial charge < -0.3 is 4.79 Å². The van der Waals surface area contributed by atoms with Gasteiger partial charge in [0.2, 0.25) is 6.54 Å². The van der Waals surface area contributed by atoms with E-state index in [2.05, 4.69) is 0 Å². The minimum atomic E-state index is -0.220. The van der Waals surface area contributed by atoms with E-state index in [4.69, 9.17) is 0 Å². The first-order valence-corrected chi connectivity index (χ1v) is 8.83. The van der Waals surface area contributed by atoms with Gasteiger partial charge in [0.05, 0.1) is 0 Å². The van der Waals surface area contributed by atoms with E-state index in [9.17, 15) is 14.9 Å². The second-order valence-corrected chi connectivity index (χ2v) is 5.96. The van der Waals surface area contributed by atoms with E-state index in [0.717, 1.165) is 38.4 Å². The molecule has 0 N–H and O–H groups in total. The van der Waals surface area contributed by atoms with Crippen molar-refractivity contribution in [3.8, 4) is 0 Å². The molecule has 0 aromatic heterocycles. The van der Waals surface area contributed by atoms with E-state index >= 15 is 0 Å². The zero-order valence-electron chi connectivity index (χ0n) is 13.6. The molecular weight excluding hydrogens is 266 g/mol. The summed E-state index contributed by atoms with van der Waals surface area (Å²) in [5.74, 6) is 0. The van der Waals surface area contributed by atoms with Crippen molar-refractivity contribution in [1.82, 2.24) is 0 Å². The van der Waals surface area contributed by atoms with Crippen LogP contribution in [-0.2, 0) is 4.79 Å². The van der Waals surface area contributed by atoms with Gasteiger partial charge in [-0.05, 0) is 12.8 Å². The van der Waals surface area contributed by atoms with Crippen LogP contribution in [0.1, 0.15) is 96.3 Å². The molecule has 4 heteroatoms. The van der Waals surface area contributed by atoms with Crippen molar-refractivity contribution < 1.29 is 9.72 Å².